The minimum atomic E-state index is -0.948. The Bertz CT molecular complexity index is 1250. The van der Waals surface area contributed by atoms with Gasteiger partial charge in [-0.25, -0.2) is 13.8 Å². The van der Waals surface area contributed by atoms with Crippen molar-refractivity contribution in [2.75, 3.05) is 0 Å². The summed E-state index contributed by atoms with van der Waals surface area (Å²) in [6.07, 6.45) is 1.59. The minimum absolute atomic E-state index is 0.0295. The van der Waals surface area contributed by atoms with Crippen LogP contribution in [0.3, 0.4) is 0 Å². The van der Waals surface area contributed by atoms with Crippen molar-refractivity contribution < 1.29 is 13.5 Å². The van der Waals surface area contributed by atoms with E-state index in [0.717, 1.165) is 17.7 Å². The van der Waals surface area contributed by atoms with Crippen molar-refractivity contribution in [1.29, 1.82) is 0 Å². The molecule has 4 aromatic rings. The van der Waals surface area contributed by atoms with Gasteiger partial charge in [-0.3, -0.25) is 0 Å². The Balaban J connectivity index is 1.72. The van der Waals surface area contributed by atoms with E-state index in [2.05, 4.69) is 9.97 Å². The maximum atomic E-state index is 13.4. The first-order chi connectivity index (χ1) is 14.9. The van der Waals surface area contributed by atoms with E-state index in [-0.39, 0.29) is 12.6 Å². The molecule has 3 aromatic carbocycles. The van der Waals surface area contributed by atoms with Crippen LogP contribution in [0.4, 0.5) is 8.78 Å². The molecule has 0 saturated heterocycles. The van der Waals surface area contributed by atoms with E-state index in [4.69, 9.17) is 39.5 Å². The van der Waals surface area contributed by atoms with Crippen LogP contribution >= 0.6 is 34.8 Å². The van der Waals surface area contributed by atoms with E-state index in [9.17, 15) is 8.78 Å². The number of hydrogen-bond donors (Lipinski definition) is 0. The van der Waals surface area contributed by atoms with Gasteiger partial charge >= 0.3 is 6.01 Å². The number of benzene rings is 3. The lowest BCUT2D eigenvalue weighted by Crippen LogP contribution is -2.02. The molecular formula is C23H13Cl3F2N2O. The number of ether oxygens (including phenoxy) is 1. The van der Waals surface area contributed by atoms with Crippen molar-refractivity contribution in [2.45, 2.75) is 6.61 Å². The van der Waals surface area contributed by atoms with Crippen LogP contribution in [0.15, 0.2) is 66.9 Å². The Kier molecular flexibility index (Phi) is 6.37. The van der Waals surface area contributed by atoms with Gasteiger partial charge in [0.1, 0.15) is 6.61 Å². The monoisotopic (exact) mass is 476 g/mol. The molecule has 0 spiro atoms. The maximum Gasteiger partial charge on any atom is 0.317 e. The summed E-state index contributed by atoms with van der Waals surface area (Å²) in [5, 5.41) is 1.54. The van der Waals surface area contributed by atoms with Gasteiger partial charge in [-0.1, -0.05) is 59.1 Å². The maximum absolute atomic E-state index is 13.4. The fourth-order valence-electron chi connectivity index (χ4n) is 2.95. The Morgan fingerprint density at radius 2 is 1.52 bits per heavy atom. The quantitative estimate of drug-likeness (QED) is 0.296. The zero-order chi connectivity index (χ0) is 22.0. The van der Waals surface area contributed by atoms with E-state index >= 15 is 0 Å². The van der Waals surface area contributed by atoms with Crippen LogP contribution in [0.25, 0.3) is 22.4 Å². The highest BCUT2D eigenvalue weighted by Crippen LogP contribution is 2.36. The summed E-state index contributed by atoms with van der Waals surface area (Å²) in [5.41, 5.74) is 3.15. The van der Waals surface area contributed by atoms with E-state index in [1.165, 1.54) is 6.07 Å². The minimum Gasteiger partial charge on any atom is -0.459 e. The van der Waals surface area contributed by atoms with Crippen LogP contribution in [0.2, 0.25) is 15.1 Å². The molecule has 0 fully saturated rings. The molecule has 0 N–H and O–H groups in total. The van der Waals surface area contributed by atoms with Crippen LogP contribution in [0.5, 0.6) is 6.01 Å². The molecule has 3 nitrogen and oxygen atoms in total. The average molecular weight is 478 g/mol. The number of hydrogen-bond acceptors (Lipinski definition) is 3. The van der Waals surface area contributed by atoms with E-state index in [1.54, 1.807) is 36.5 Å². The molecule has 0 aliphatic rings. The predicted molar refractivity (Wildman–Crippen MR) is 119 cm³/mol. The van der Waals surface area contributed by atoms with Gasteiger partial charge in [0.25, 0.3) is 0 Å². The Morgan fingerprint density at radius 3 is 2.23 bits per heavy atom. The van der Waals surface area contributed by atoms with Crippen LogP contribution in [-0.4, -0.2) is 9.97 Å². The topological polar surface area (TPSA) is 35.0 Å². The Labute approximate surface area is 192 Å². The zero-order valence-electron chi connectivity index (χ0n) is 15.8. The highest BCUT2D eigenvalue weighted by molar-refractivity contribution is 6.36. The Hall–Kier alpha value is -2.73. The molecule has 0 aliphatic heterocycles. The molecule has 0 saturated carbocycles. The first kappa shape index (κ1) is 21.5. The fourth-order valence-corrected chi connectivity index (χ4v) is 3.58. The van der Waals surface area contributed by atoms with Crippen LogP contribution < -0.4 is 4.74 Å². The number of aromatic nitrogens is 2. The molecule has 8 heteroatoms. The SMILES string of the molecule is Fc1ccc(COc2ncc(-c3ccc(Cl)cc3Cl)c(-c3ccc(Cl)cc3)n2)cc1F. The lowest BCUT2D eigenvalue weighted by Gasteiger charge is -2.13. The van der Waals surface area contributed by atoms with Crippen LogP contribution in [0.1, 0.15) is 5.56 Å². The molecule has 0 radical (unpaired) electrons. The first-order valence-electron chi connectivity index (χ1n) is 9.06. The number of rotatable bonds is 5. The van der Waals surface area contributed by atoms with Crippen LogP contribution in [0, 0.1) is 11.6 Å². The summed E-state index contributed by atoms with van der Waals surface area (Å²) in [5.74, 6) is -1.87. The third-order valence-electron chi connectivity index (χ3n) is 4.46. The molecule has 0 amide bonds. The molecule has 0 atom stereocenters. The highest BCUT2D eigenvalue weighted by atomic mass is 35.5. The second-order valence-corrected chi connectivity index (χ2v) is 7.86. The van der Waals surface area contributed by atoms with Gasteiger partial charge in [-0.05, 0) is 42.0 Å². The first-order valence-corrected chi connectivity index (χ1v) is 10.2. The summed E-state index contributed by atoms with van der Waals surface area (Å²) < 4.78 is 32.2. The lowest BCUT2D eigenvalue weighted by molar-refractivity contribution is 0.280. The number of nitrogens with zero attached hydrogens (tertiary/aromatic N) is 2. The highest BCUT2D eigenvalue weighted by Gasteiger charge is 2.15. The second kappa shape index (κ2) is 9.18. The summed E-state index contributed by atoms with van der Waals surface area (Å²) in [6.45, 7) is -0.0295. The third-order valence-corrected chi connectivity index (χ3v) is 5.26. The van der Waals surface area contributed by atoms with Gasteiger partial charge in [0.2, 0.25) is 0 Å². The summed E-state index contributed by atoms with van der Waals surface area (Å²) in [4.78, 5) is 8.79. The average Bonchev–Trinajstić information content (AvgIpc) is 2.75. The largest absolute Gasteiger partial charge is 0.459 e. The summed E-state index contributed by atoms with van der Waals surface area (Å²) >= 11 is 18.4. The van der Waals surface area contributed by atoms with E-state index < -0.39 is 11.6 Å². The van der Waals surface area contributed by atoms with Gasteiger partial charge in [-0.2, -0.15) is 4.98 Å². The second-order valence-electron chi connectivity index (χ2n) is 6.58. The van der Waals surface area contributed by atoms with Crippen molar-refractivity contribution in [2.24, 2.45) is 0 Å². The molecule has 0 bridgehead atoms. The number of halogens is 5. The third kappa shape index (κ3) is 4.96. The molecule has 1 aromatic heterocycles. The lowest BCUT2D eigenvalue weighted by atomic mass is 10.0. The fraction of sp³-hybridized carbons (Fsp3) is 0.0435. The van der Waals surface area contributed by atoms with Gasteiger partial charge in [0.15, 0.2) is 11.6 Å². The van der Waals surface area contributed by atoms with Crippen molar-refractivity contribution >= 4 is 34.8 Å². The van der Waals surface area contributed by atoms with E-state index in [0.29, 0.717) is 37.5 Å². The van der Waals surface area contributed by atoms with Gasteiger partial charge < -0.3 is 4.74 Å². The smallest absolute Gasteiger partial charge is 0.317 e. The van der Waals surface area contributed by atoms with Gasteiger partial charge in [0, 0.05) is 32.9 Å². The molecule has 0 aliphatic carbocycles. The van der Waals surface area contributed by atoms with Gasteiger partial charge in [-0.15, -0.1) is 0 Å². The molecule has 0 unspecified atom stereocenters. The van der Waals surface area contributed by atoms with Crippen molar-refractivity contribution in [3.63, 3.8) is 0 Å². The van der Waals surface area contributed by atoms with Crippen molar-refractivity contribution in [3.8, 4) is 28.4 Å². The molecular weight excluding hydrogens is 465 g/mol. The van der Waals surface area contributed by atoms with Crippen molar-refractivity contribution in [3.05, 3.63) is 99.1 Å². The summed E-state index contributed by atoms with van der Waals surface area (Å²) in [7, 11) is 0. The van der Waals surface area contributed by atoms with Crippen molar-refractivity contribution in [1.82, 2.24) is 9.97 Å². The standard InChI is InChI=1S/C23H13Cl3F2N2O/c24-15-4-2-14(3-5-15)22-18(17-7-6-16(25)10-19(17)26)11-29-23(30-22)31-12-13-1-8-20(27)21(28)9-13/h1-11H,12H2. The van der Waals surface area contributed by atoms with Gasteiger partial charge in [0.05, 0.1) is 10.7 Å². The van der Waals surface area contributed by atoms with E-state index in [1.807, 2.05) is 12.1 Å². The van der Waals surface area contributed by atoms with Crippen LogP contribution in [-0.2, 0) is 6.61 Å². The molecule has 156 valence electrons. The molecule has 1 heterocycles. The summed E-state index contributed by atoms with van der Waals surface area (Å²) in [6, 6.07) is 15.9. The zero-order valence-corrected chi connectivity index (χ0v) is 18.0. The Morgan fingerprint density at radius 1 is 0.774 bits per heavy atom. The normalized spacial score (nSPS) is 10.9. The predicted octanol–water partition coefficient (Wildman–Crippen LogP) is 7.63. The molecule has 4 rings (SSSR count). The molecule has 31 heavy (non-hydrogen) atoms.